The van der Waals surface area contributed by atoms with Crippen LogP contribution in [-0.2, 0) is 6.54 Å². The van der Waals surface area contributed by atoms with E-state index in [4.69, 9.17) is 4.74 Å². The van der Waals surface area contributed by atoms with Gasteiger partial charge in [-0.15, -0.1) is 0 Å². The zero-order valence-corrected chi connectivity index (χ0v) is 11.0. The smallest absolute Gasteiger partial charge is 0.123 e. The Morgan fingerprint density at radius 1 is 1.47 bits per heavy atom. The van der Waals surface area contributed by atoms with Gasteiger partial charge >= 0.3 is 0 Å². The van der Waals surface area contributed by atoms with E-state index in [0.717, 1.165) is 25.4 Å². The molecule has 0 amide bonds. The van der Waals surface area contributed by atoms with E-state index >= 15 is 0 Å². The van der Waals surface area contributed by atoms with Gasteiger partial charge in [-0.2, -0.15) is 0 Å². The molecule has 1 unspecified atom stereocenters. The first kappa shape index (κ1) is 12.4. The normalized spacial score (nSPS) is 23.9. The van der Waals surface area contributed by atoms with Crippen LogP contribution >= 0.6 is 0 Å². The molecule has 1 aromatic rings. The van der Waals surface area contributed by atoms with Crippen molar-refractivity contribution in [1.29, 1.82) is 0 Å². The molecule has 17 heavy (non-hydrogen) atoms. The van der Waals surface area contributed by atoms with Crippen LogP contribution in [0.4, 0.5) is 0 Å². The van der Waals surface area contributed by atoms with E-state index < -0.39 is 0 Å². The predicted molar refractivity (Wildman–Crippen MR) is 70.5 cm³/mol. The van der Waals surface area contributed by atoms with Crippen molar-refractivity contribution in [2.24, 2.45) is 0 Å². The van der Waals surface area contributed by atoms with Gasteiger partial charge in [0.2, 0.25) is 0 Å². The number of ether oxygens (including phenoxy) is 1. The fourth-order valence-corrected chi connectivity index (χ4v) is 2.32. The number of benzene rings is 1. The minimum atomic E-state index is 0.217. The van der Waals surface area contributed by atoms with Gasteiger partial charge in [0.05, 0.1) is 7.11 Å². The molecular formula is C14H22N2O. The lowest BCUT2D eigenvalue weighted by Crippen LogP contribution is -2.43. The number of hydrogen-bond donors (Lipinski definition) is 2. The van der Waals surface area contributed by atoms with Crippen molar-refractivity contribution in [2.75, 3.05) is 20.2 Å². The fraction of sp³-hybridized carbons (Fsp3) is 0.571. The van der Waals surface area contributed by atoms with Gasteiger partial charge in [-0.1, -0.05) is 17.7 Å². The Morgan fingerprint density at radius 3 is 2.94 bits per heavy atom. The minimum Gasteiger partial charge on any atom is -0.496 e. The van der Waals surface area contributed by atoms with Crippen molar-refractivity contribution in [3.05, 3.63) is 29.3 Å². The lowest BCUT2D eigenvalue weighted by molar-refractivity contribution is 0.372. The van der Waals surface area contributed by atoms with Crippen molar-refractivity contribution in [1.82, 2.24) is 10.6 Å². The van der Waals surface area contributed by atoms with Crippen molar-refractivity contribution in [2.45, 2.75) is 32.4 Å². The molecule has 0 aliphatic carbocycles. The maximum atomic E-state index is 5.39. The van der Waals surface area contributed by atoms with Gasteiger partial charge in [-0.25, -0.2) is 0 Å². The lowest BCUT2D eigenvalue weighted by atomic mass is 10.0. The van der Waals surface area contributed by atoms with E-state index in [1.807, 2.05) is 6.07 Å². The van der Waals surface area contributed by atoms with Gasteiger partial charge in [-0.3, -0.25) is 0 Å². The third kappa shape index (κ3) is 2.99. The van der Waals surface area contributed by atoms with Crippen LogP contribution in [0.15, 0.2) is 18.2 Å². The molecule has 0 saturated carbocycles. The van der Waals surface area contributed by atoms with Gasteiger partial charge in [0.1, 0.15) is 5.75 Å². The first-order valence-corrected chi connectivity index (χ1v) is 6.22. The van der Waals surface area contributed by atoms with Crippen molar-refractivity contribution in [3.63, 3.8) is 0 Å². The zero-order valence-electron chi connectivity index (χ0n) is 11.0. The monoisotopic (exact) mass is 234 g/mol. The summed E-state index contributed by atoms with van der Waals surface area (Å²) in [7, 11) is 1.73. The molecule has 0 radical (unpaired) electrons. The lowest BCUT2D eigenvalue weighted by Gasteiger charge is -2.25. The van der Waals surface area contributed by atoms with Crippen LogP contribution in [0.3, 0.4) is 0 Å². The van der Waals surface area contributed by atoms with Crippen LogP contribution < -0.4 is 15.4 Å². The summed E-state index contributed by atoms with van der Waals surface area (Å²) < 4.78 is 5.39. The quantitative estimate of drug-likeness (QED) is 0.834. The average molecular weight is 234 g/mol. The molecule has 1 aliphatic heterocycles. The second kappa shape index (κ2) is 5.07. The van der Waals surface area contributed by atoms with Crippen LogP contribution in [0, 0.1) is 6.92 Å². The molecule has 1 atom stereocenters. The maximum Gasteiger partial charge on any atom is 0.123 e. The maximum absolute atomic E-state index is 5.39. The number of rotatable bonds is 4. The van der Waals surface area contributed by atoms with Crippen LogP contribution in [0.25, 0.3) is 0 Å². The minimum absolute atomic E-state index is 0.217. The Labute approximate surface area is 104 Å². The molecule has 2 N–H and O–H groups in total. The summed E-state index contributed by atoms with van der Waals surface area (Å²) in [6.45, 7) is 7.40. The summed E-state index contributed by atoms with van der Waals surface area (Å²) in [5.41, 5.74) is 2.73. The zero-order chi connectivity index (χ0) is 12.3. The molecule has 0 aromatic heterocycles. The van der Waals surface area contributed by atoms with Crippen molar-refractivity contribution < 1.29 is 4.74 Å². The Balaban J connectivity index is 2.05. The third-order valence-electron chi connectivity index (χ3n) is 3.51. The van der Waals surface area contributed by atoms with Crippen LogP contribution in [0.1, 0.15) is 24.5 Å². The molecule has 1 heterocycles. The third-order valence-corrected chi connectivity index (χ3v) is 3.51. The van der Waals surface area contributed by atoms with E-state index in [1.54, 1.807) is 7.11 Å². The second-order valence-corrected chi connectivity index (χ2v) is 5.16. The molecule has 3 nitrogen and oxygen atoms in total. The molecule has 0 bridgehead atoms. The van der Waals surface area contributed by atoms with Crippen molar-refractivity contribution in [3.8, 4) is 5.75 Å². The second-order valence-electron chi connectivity index (χ2n) is 5.16. The summed E-state index contributed by atoms with van der Waals surface area (Å²) in [5, 5.41) is 7.03. The van der Waals surface area contributed by atoms with Gasteiger partial charge in [0, 0.05) is 24.2 Å². The van der Waals surface area contributed by atoms with Crippen LogP contribution in [-0.4, -0.2) is 25.7 Å². The van der Waals surface area contributed by atoms with Crippen LogP contribution in [0.5, 0.6) is 5.75 Å². The summed E-state index contributed by atoms with van der Waals surface area (Å²) >= 11 is 0. The Bertz CT molecular complexity index is 384. The Hall–Kier alpha value is -1.06. The first-order chi connectivity index (χ1) is 8.13. The van der Waals surface area contributed by atoms with E-state index in [9.17, 15) is 0 Å². The van der Waals surface area contributed by atoms with Gasteiger partial charge < -0.3 is 15.4 Å². The summed E-state index contributed by atoms with van der Waals surface area (Å²) in [6.07, 6.45) is 1.18. The van der Waals surface area contributed by atoms with E-state index in [0.29, 0.717) is 0 Å². The highest BCUT2D eigenvalue weighted by molar-refractivity contribution is 5.36. The Kier molecular flexibility index (Phi) is 3.69. The highest BCUT2D eigenvalue weighted by Gasteiger charge is 2.27. The largest absolute Gasteiger partial charge is 0.496 e. The summed E-state index contributed by atoms with van der Waals surface area (Å²) in [6, 6.07) is 6.32. The van der Waals surface area contributed by atoms with E-state index in [2.05, 4.69) is 36.6 Å². The van der Waals surface area contributed by atoms with Gasteiger partial charge in [-0.05, 0) is 32.9 Å². The number of methoxy groups -OCH3 is 1. The average Bonchev–Trinajstić information content (AvgIpc) is 2.74. The molecule has 94 valence electrons. The van der Waals surface area contributed by atoms with E-state index in [-0.39, 0.29) is 5.54 Å². The van der Waals surface area contributed by atoms with Gasteiger partial charge in [0.25, 0.3) is 0 Å². The summed E-state index contributed by atoms with van der Waals surface area (Å²) in [4.78, 5) is 0. The SMILES string of the molecule is COc1ccc(C)cc1CNC1(C)CCNC1. The van der Waals surface area contributed by atoms with Crippen LogP contribution in [0.2, 0.25) is 0 Å². The van der Waals surface area contributed by atoms with Gasteiger partial charge in [0.15, 0.2) is 0 Å². The molecule has 2 rings (SSSR count). The molecular weight excluding hydrogens is 212 g/mol. The number of aryl methyl sites for hydroxylation is 1. The molecule has 1 aromatic carbocycles. The summed E-state index contributed by atoms with van der Waals surface area (Å²) in [5.74, 6) is 0.970. The fourth-order valence-electron chi connectivity index (χ4n) is 2.32. The molecule has 1 saturated heterocycles. The molecule has 0 spiro atoms. The Morgan fingerprint density at radius 2 is 2.29 bits per heavy atom. The first-order valence-electron chi connectivity index (χ1n) is 6.22. The molecule has 1 fully saturated rings. The number of nitrogens with one attached hydrogen (secondary N) is 2. The highest BCUT2D eigenvalue weighted by atomic mass is 16.5. The number of hydrogen-bond acceptors (Lipinski definition) is 3. The molecule has 3 heteroatoms. The molecule has 1 aliphatic rings. The standard InChI is InChI=1S/C14H22N2O/c1-11-4-5-13(17-3)12(8-11)9-16-14(2)6-7-15-10-14/h4-5,8,15-16H,6-7,9-10H2,1-3H3. The van der Waals surface area contributed by atoms with E-state index in [1.165, 1.54) is 17.5 Å². The highest BCUT2D eigenvalue weighted by Crippen LogP contribution is 2.21. The van der Waals surface area contributed by atoms with Crippen molar-refractivity contribution >= 4 is 0 Å². The topological polar surface area (TPSA) is 33.3 Å². The predicted octanol–water partition coefficient (Wildman–Crippen LogP) is 1.85.